The lowest BCUT2D eigenvalue weighted by Crippen LogP contribution is -2.14. The lowest BCUT2D eigenvalue weighted by Gasteiger charge is -2.16. The van der Waals surface area contributed by atoms with E-state index in [1.165, 1.54) is 6.92 Å². The molecule has 4 heteroatoms. The second kappa shape index (κ2) is 8.72. The van der Waals surface area contributed by atoms with Crippen LogP contribution >= 0.6 is 0 Å². The maximum Gasteiger partial charge on any atom is 0.308 e. The third-order valence-corrected chi connectivity index (χ3v) is 4.84. The Labute approximate surface area is 175 Å². The molecule has 4 aromatic rings. The molecule has 2 N–H and O–H groups in total. The molecule has 1 atom stereocenters. The average molecular weight is 394 g/mol. The Bertz CT molecular complexity index is 1230. The number of esters is 1. The van der Waals surface area contributed by atoms with Crippen LogP contribution in [0.25, 0.3) is 23.1 Å². The van der Waals surface area contributed by atoms with Crippen LogP contribution in [0.5, 0.6) is 5.75 Å². The van der Waals surface area contributed by atoms with Crippen LogP contribution in [0.1, 0.15) is 35.3 Å². The standard InChI is InChI=1S/C26H22N2O2/c1-18(29)30-25-12-5-3-10-23(25)26(27)21-9-6-7-19(17-21)13-15-22-16-14-20-8-2-4-11-24(20)28-22/h2-17,26H,27H2,1H3/b15-13+. The number of rotatable bonds is 5. The largest absolute Gasteiger partial charge is 0.426 e. The van der Waals surface area contributed by atoms with E-state index in [0.717, 1.165) is 33.3 Å². The molecule has 0 aliphatic heterocycles. The Hall–Kier alpha value is -3.76. The van der Waals surface area contributed by atoms with Gasteiger partial charge in [-0.25, -0.2) is 4.98 Å². The molecular weight excluding hydrogens is 372 g/mol. The Morgan fingerprint density at radius 2 is 1.73 bits per heavy atom. The minimum atomic E-state index is -0.410. The zero-order valence-electron chi connectivity index (χ0n) is 16.7. The molecule has 0 radical (unpaired) electrons. The van der Waals surface area contributed by atoms with Crippen LogP contribution in [0.15, 0.2) is 84.9 Å². The fourth-order valence-electron chi connectivity index (χ4n) is 3.38. The molecule has 0 fully saturated rings. The number of aromatic nitrogens is 1. The number of para-hydroxylation sites is 2. The van der Waals surface area contributed by atoms with Crippen LogP contribution in [0, 0.1) is 0 Å². The van der Waals surface area contributed by atoms with E-state index < -0.39 is 6.04 Å². The summed E-state index contributed by atoms with van der Waals surface area (Å²) in [5.74, 6) is 0.119. The summed E-state index contributed by atoms with van der Waals surface area (Å²) in [6.45, 7) is 1.38. The smallest absolute Gasteiger partial charge is 0.308 e. The van der Waals surface area contributed by atoms with Crippen LogP contribution in [-0.4, -0.2) is 11.0 Å². The molecule has 4 rings (SSSR count). The van der Waals surface area contributed by atoms with Crippen LogP contribution in [0.2, 0.25) is 0 Å². The maximum absolute atomic E-state index is 11.4. The number of hydrogen-bond acceptors (Lipinski definition) is 4. The highest BCUT2D eigenvalue weighted by molar-refractivity contribution is 5.80. The molecule has 1 aromatic heterocycles. The quantitative estimate of drug-likeness (QED) is 0.365. The molecule has 0 saturated carbocycles. The summed E-state index contributed by atoms with van der Waals surface area (Å²) in [4.78, 5) is 16.1. The third-order valence-electron chi connectivity index (χ3n) is 4.84. The number of nitrogens with two attached hydrogens (primary N) is 1. The van der Waals surface area contributed by atoms with Gasteiger partial charge < -0.3 is 10.5 Å². The molecule has 148 valence electrons. The van der Waals surface area contributed by atoms with Crippen LogP contribution < -0.4 is 10.5 Å². The van der Waals surface area contributed by atoms with Crippen molar-refractivity contribution >= 4 is 29.0 Å². The Morgan fingerprint density at radius 1 is 0.933 bits per heavy atom. The first-order chi connectivity index (χ1) is 14.6. The molecule has 3 aromatic carbocycles. The highest BCUT2D eigenvalue weighted by Gasteiger charge is 2.15. The predicted octanol–water partition coefficient (Wildman–Crippen LogP) is 5.38. The van der Waals surface area contributed by atoms with Gasteiger partial charge in [0.15, 0.2) is 0 Å². The van der Waals surface area contributed by atoms with E-state index in [1.54, 1.807) is 6.07 Å². The number of carbonyl (C=O) groups excluding carboxylic acids is 1. The van der Waals surface area contributed by atoms with Crippen molar-refractivity contribution < 1.29 is 9.53 Å². The van der Waals surface area contributed by atoms with Crippen LogP contribution in [0.4, 0.5) is 0 Å². The van der Waals surface area contributed by atoms with Crippen molar-refractivity contribution in [3.05, 3.63) is 107 Å². The molecule has 0 aliphatic rings. The van der Waals surface area contributed by atoms with Crippen molar-refractivity contribution in [3.8, 4) is 5.75 Å². The van der Waals surface area contributed by atoms with Gasteiger partial charge in [-0.3, -0.25) is 4.79 Å². The van der Waals surface area contributed by atoms with Gasteiger partial charge in [-0.2, -0.15) is 0 Å². The van der Waals surface area contributed by atoms with E-state index in [1.807, 2.05) is 84.9 Å². The molecule has 1 heterocycles. The maximum atomic E-state index is 11.4. The van der Waals surface area contributed by atoms with Gasteiger partial charge in [-0.1, -0.05) is 66.7 Å². The van der Waals surface area contributed by atoms with Crippen molar-refractivity contribution in [1.29, 1.82) is 0 Å². The zero-order chi connectivity index (χ0) is 20.9. The average Bonchev–Trinajstić information content (AvgIpc) is 2.77. The van der Waals surface area contributed by atoms with Crippen molar-refractivity contribution in [2.75, 3.05) is 0 Å². The molecule has 4 nitrogen and oxygen atoms in total. The molecule has 0 bridgehead atoms. The lowest BCUT2D eigenvalue weighted by atomic mass is 9.97. The topological polar surface area (TPSA) is 65.2 Å². The summed E-state index contributed by atoms with van der Waals surface area (Å²) < 4.78 is 5.32. The second-order valence-corrected chi connectivity index (χ2v) is 7.04. The van der Waals surface area contributed by atoms with Crippen LogP contribution in [0.3, 0.4) is 0 Å². The minimum absolute atomic E-state index is 0.366. The Morgan fingerprint density at radius 3 is 2.60 bits per heavy atom. The van der Waals surface area contributed by atoms with E-state index in [9.17, 15) is 4.79 Å². The van der Waals surface area contributed by atoms with Crippen molar-refractivity contribution in [3.63, 3.8) is 0 Å². The molecular formula is C26H22N2O2. The first-order valence-corrected chi connectivity index (χ1v) is 9.77. The molecule has 1 unspecified atom stereocenters. The monoisotopic (exact) mass is 394 g/mol. The predicted molar refractivity (Wildman–Crippen MR) is 121 cm³/mol. The van der Waals surface area contributed by atoms with Crippen molar-refractivity contribution in [1.82, 2.24) is 4.98 Å². The Balaban J connectivity index is 1.59. The number of pyridine rings is 1. The van der Waals surface area contributed by atoms with E-state index in [0.29, 0.717) is 5.75 Å². The molecule has 30 heavy (non-hydrogen) atoms. The summed E-state index contributed by atoms with van der Waals surface area (Å²) in [5.41, 5.74) is 11.1. The van der Waals surface area contributed by atoms with Gasteiger partial charge in [0.1, 0.15) is 5.75 Å². The molecule has 0 amide bonds. The fraction of sp³-hybridized carbons (Fsp3) is 0.0769. The summed E-state index contributed by atoms with van der Waals surface area (Å²) in [7, 11) is 0. The van der Waals surface area contributed by atoms with Crippen LogP contribution in [-0.2, 0) is 4.79 Å². The SMILES string of the molecule is CC(=O)Oc1ccccc1C(N)c1cccc(/C=C/c2ccc3ccccc3n2)c1. The second-order valence-electron chi connectivity index (χ2n) is 7.04. The number of hydrogen-bond donors (Lipinski definition) is 1. The van der Waals surface area contributed by atoms with Gasteiger partial charge in [-0.05, 0) is 41.5 Å². The highest BCUT2D eigenvalue weighted by atomic mass is 16.5. The van der Waals surface area contributed by atoms with Gasteiger partial charge in [0.05, 0.1) is 17.3 Å². The highest BCUT2D eigenvalue weighted by Crippen LogP contribution is 2.29. The lowest BCUT2D eigenvalue weighted by molar-refractivity contribution is -0.131. The Kier molecular flexibility index (Phi) is 5.68. The summed E-state index contributed by atoms with van der Waals surface area (Å²) in [6, 6.07) is 27.1. The normalized spacial score (nSPS) is 12.2. The first kappa shape index (κ1) is 19.6. The van der Waals surface area contributed by atoms with E-state index in [4.69, 9.17) is 10.5 Å². The van der Waals surface area contributed by atoms with Gasteiger partial charge in [0.25, 0.3) is 0 Å². The summed E-state index contributed by atoms with van der Waals surface area (Å²) in [5, 5.41) is 1.12. The van der Waals surface area contributed by atoms with E-state index >= 15 is 0 Å². The number of ether oxygens (including phenoxy) is 1. The number of fused-ring (bicyclic) bond motifs is 1. The minimum Gasteiger partial charge on any atom is -0.426 e. The van der Waals surface area contributed by atoms with Gasteiger partial charge in [0, 0.05) is 17.9 Å². The van der Waals surface area contributed by atoms with Gasteiger partial charge >= 0.3 is 5.97 Å². The van der Waals surface area contributed by atoms with Gasteiger partial charge in [-0.15, -0.1) is 0 Å². The van der Waals surface area contributed by atoms with E-state index in [2.05, 4.69) is 11.1 Å². The van der Waals surface area contributed by atoms with Crippen molar-refractivity contribution in [2.24, 2.45) is 5.73 Å². The molecule has 0 spiro atoms. The summed E-state index contributed by atoms with van der Waals surface area (Å²) >= 11 is 0. The number of carbonyl (C=O) groups is 1. The van der Waals surface area contributed by atoms with Gasteiger partial charge in [0.2, 0.25) is 0 Å². The number of nitrogens with zero attached hydrogens (tertiary/aromatic N) is 1. The van der Waals surface area contributed by atoms with E-state index in [-0.39, 0.29) is 5.97 Å². The molecule has 0 aliphatic carbocycles. The number of benzene rings is 3. The zero-order valence-corrected chi connectivity index (χ0v) is 16.7. The third kappa shape index (κ3) is 4.45. The first-order valence-electron chi connectivity index (χ1n) is 9.77. The fourth-order valence-corrected chi connectivity index (χ4v) is 3.38. The molecule has 0 saturated heterocycles. The van der Waals surface area contributed by atoms with Crippen molar-refractivity contribution in [2.45, 2.75) is 13.0 Å². The summed E-state index contributed by atoms with van der Waals surface area (Å²) in [6.07, 6.45) is 4.01.